The molecule has 0 aliphatic carbocycles. The molecule has 0 unspecified atom stereocenters. The lowest BCUT2D eigenvalue weighted by Crippen LogP contribution is -2.43. The number of nitrogens with zero attached hydrogens (tertiary/aromatic N) is 4. The summed E-state index contributed by atoms with van der Waals surface area (Å²) in [4.78, 5) is 20.1. The molecule has 2 aromatic heterocycles. The van der Waals surface area contributed by atoms with Crippen LogP contribution in [0.5, 0.6) is 5.75 Å². The number of hydrogen-bond acceptors (Lipinski definition) is 6. The summed E-state index contributed by atoms with van der Waals surface area (Å²) in [7, 11) is 1.66. The number of rotatable bonds is 8. The molecule has 4 aromatic rings. The molecule has 1 N–H and O–H groups in total. The summed E-state index contributed by atoms with van der Waals surface area (Å²) in [5.74, 6) is 0.626. The Hall–Kier alpha value is -4.01. The van der Waals surface area contributed by atoms with Crippen molar-refractivity contribution in [2.45, 2.75) is 6.04 Å². The van der Waals surface area contributed by atoms with Crippen LogP contribution in [0.25, 0.3) is 16.9 Å². The molecule has 0 spiro atoms. The van der Waals surface area contributed by atoms with Crippen LogP contribution in [0.4, 0.5) is 0 Å². The third kappa shape index (κ3) is 5.30. The van der Waals surface area contributed by atoms with Gasteiger partial charge in [0.1, 0.15) is 11.4 Å². The van der Waals surface area contributed by atoms with Gasteiger partial charge in [-0.2, -0.15) is 5.10 Å². The third-order valence-corrected chi connectivity index (χ3v) is 6.36. The van der Waals surface area contributed by atoms with E-state index in [0.717, 1.165) is 35.7 Å². The monoisotopic (exact) mass is 483 g/mol. The number of benzene rings is 2. The fourth-order valence-corrected chi connectivity index (χ4v) is 4.43. The number of carbonyl (C=O) groups excluding carboxylic acids is 1. The van der Waals surface area contributed by atoms with E-state index in [0.29, 0.717) is 31.0 Å². The SMILES string of the molecule is COc1ccc([C@H](CNC(=O)c2cn(-c3ccccc3)nc2-c2cccnc2)N2CCOCC2)cc1. The Morgan fingerprint density at radius 1 is 1.06 bits per heavy atom. The van der Waals surface area contributed by atoms with E-state index in [1.54, 1.807) is 30.4 Å². The van der Waals surface area contributed by atoms with Crippen LogP contribution in [0, 0.1) is 0 Å². The Balaban J connectivity index is 1.42. The predicted octanol–water partition coefficient (Wildman–Crippen LogP) is 3.75. The molecule has 8 heteroatoms. The molecule has 1 saturated heterocycles. The first-order valence-corrected chi connectivity index (χ1v) is 12.0. The maximum absolute atomic E-state index is 13.6. The molecule has 8 nitrogen and oxygen atoms in total. The minimum atomic E-state index is -0.178. The molecule has 36 heavy (non-hydrogen) atoms. The number of carbonyl (C=O) groups is 1. The summed E-state index contributed by atoms with van der Waals surface area (Å²) in [5.41, 5.74) is 3.88. The molecule has 1 aliphatic heterocycles. The average Bonchev–Trinajstić information content (AvgIpc) is 3.41. The van der Waals surface area contributed by atoms with Gasteiger partial charge in [-0.3, -0.25) is 14.7 Å². The molecule has 0 saturated carbocycles. The summed E-state index contributed by atoms with van der Waals surface area (Å²) in [6.07, 6.45) is 5.21. The van der Waals surface area contributed by atoms with Gasteiger partial charge >= 0.3 is 0 Å². The maximum atomic E-state index is 13.6. The quantitative estimate of drug-likeness (QED) is 0.411. The lowest BCUT2D eigenvalue weighted by Gasteiger charge is -2.35. The minimum absolute atomic E-state index is 0.00904. The zero-order valence-corrected chi connectivity index (χ0v) is 20.2. The molecular weight excluding hydrogens is 454 g/mol. The fourth-order valence-electron chi connectivity index (χ4n) is 4.43. The van der Waals surface area contributed by atoms with Crippen molar-refractivity contribution in [3.63, 3.8) is 0 Å². The highest BCUT2D eigenvalue weighted by Crippen LogP contribution is 2.26. The summed E-state index contributed by atoms with van der Waals surface area (Å²) in [6.45, 7) is 3.41. The van der Waals surface area contributed by atoms with Gasteiger partial charge in [-0.15, -0.1) is 0 Å². The van der Waals surface area contributed by atoms with Crippen molar-refractivity contribution in [1.29, 1.82) is 0 Å². The van der Waals surface area contributed by atoms with E-state index in [2.05, 4.69) is 27.3 Å². The van der Waals surface area contributed by atoms with Gasteiger partial charge in [0.05, 0.1) is 37.6 Å². The van der Waals surface area contributed by atoms with Crippen molar-refractivity contribution >= 4 is 5.91 Å². The summed E-state index contributed by atoms with van der Waals surface area (Å²) in [6, 6.07) is 21.5. The molecule has 1 amide bonds. The summed E-state index contributed by atoms with van der Waals surface area (Å²) < 4.78 is 12.6. The van der Waals surface area contributed by atoms with Gasteiger partial charge in [-0.05, 0) is 42.0 Å². The fraction of sp³-hybridized carbons (Fsp3) is 0.250. The lowest BCUT2D eigenvalue weighted by molar-refractivity contribution is 0.0162. The molecule has 1 fully saturated rings. The Bertz CT molecular complexity index is 1270. The van der Waals surface area contributed by atoms with Crippen molar-refractivity contribution in [2.75, 3.05) is 40.0 Å². The number of aromatic nitrogens is 3. The van der Waals surface area contributed by atoms with Crippen molar-refractivity contribution in [3.8, 4) is 22.7 Å². The number of amides is 1. The van der Waals surface area contributed by atoms with Crippen LogP contribution in [0.15, 0.2) is 85.3 Å². The molecule has 0 bridgehead atoms. The first kappa shape index (κ1) is 23.7. The second-order valence-corrected chi connectivity index (χ2v) is 8.56. The smallest absolute Gasteiger partial charge is 0.255 e. The van der Waals surface area contributed by atoms with Crippen molar-refractivity contribution in [2.24, 2.45) is 0 Å². The Labute approximate surface area is 210 Å². The van der Waals surface area contributed by atoms with Crippen LogP contribution >= 0.6 is 0 Å². The van der Waals surface area contributed by atoms with Gasteiger partial charge in [0.15, 0.2) is 0 Å². The highest BCUT2D eigenvalue weighted by molar-refractivity contribution is 5.99. The van der Waals surface area contributed by atoms with Crippen molar-refractivity contribution in [1.82, 2.24) is 25.0 Å². The van der Waals surface area contributed by atoms with E-state index in [9.17, 15) is 4.79 Å². The van der Waals surface area contributed by atoms with E-state index in [-0.39, 0.29) is 11.9 Å². The van der Waals surface area contributed by atoms with E-state index in [4.69, 9.17) is 14.6 Å². The average molecular weight is 484 g/mol. The molecule has 3 heterocycles. The predicted molar refractivity (Wildman–Crippen MR) is 137 cm³/mol. The molecule has 1 atom stereocenters. The topological polar surface area (TPSA) is 81.5 Å². The zero-order valence-electron chi connectivity index (χ0n) is 20.2. The van der Waals surface area contributed by atoms with E-state index in [1.165, 1.54) is 0 Å². The standard InChI is InChI=1S/C28H29N5O3/c1-35-24-11-9-21(10-12-24)26(32-14-16-36-17-15-32)19-30-28(34)25-20-33(23-7-3-2-4-8-23)31-27(25)22-6-5-13-29-18-22/h2-13,18,20,26H,14-17,19H2,1H3,(H,30,34)/t26-/m0/s1. The van der Waals surface area contributed by atoms with Gasteiger partial charge in [0, 0.05) is 43.8 Å². The minimum Gasteiger partial charge on any atom is -0.497 e. The largest absolute Gasteiger partial charge is 0.497 e. The van der Waals surface area contributed by atoms with Crippen LogP contribution in [0.1, 0.15) is 22.0 Å². The molecular formula is C28H29N5O3. The summed E-state index contributed by atoms with van der Waals surface area (Å²) >= 11 is 0. The third-order valence-electron chi connectivity index (χ3n) is 6.36. The lowest BCUT2D eigenvalue weighted by atomic mass is 10.0. The molecule has 184 valence electrons. The van der Waals surface area contributed by atoms with Gasteiger partial charge in [0.2, 0.25) is 0 Å². The van der Waals surface area contributed by atoms with E-state index >= 15 is 0 Å². The van der Waals surface area contributed by atoms with Crippen LogP contribution in [0.2, 0.25) is 0 Å². The first-order valence-electron chi connectivity index (χ1n) is 12.0. The number of nitrogens with one attached hydrogen (secondary N) is 1. The number of methoxy groups -OCH3 is 1. The van der Waals surface area contributed by atoms with Gasteiger partial charge in [-0.1, -0.05) is 30.3 Å². The number of ether oxygens (including phenoxy) is 2. The number of para-hydroxylation sites is 1. The second-order valence-electron chi connectivity index (χ2n) is 8.56. The van der Waals surface area contributed by atoms with Crippen molar-refractivity contribution < 1.29 is 14.3 Å². The van der Waals surface area contributed by atoms with Crippen LogP contribution in [-0.2, 0) is 4.74 Å². The normalized spacial score (nSPS) is 14.8. The second kappa shape index (κ2) is 11.2. The Kier molecular flexibility index (Phi) is 7.35. The molecule has 5 rings (SSSR count). The van der Waals surface area contributed by atoms with E-state index in [1.807, 2.05) is 54.6 Å². The van der Waals surface area contributed by atoms with Gasteiger partial charge in [-0.25, -0.2) is 4.68 Å². The molecule has 2 aromatic carbocycles. The first-order chi connectivity index (χ1) is 17.7. The number of hydrogen-bond donors (Lipinski definition) is 1. The highest BCUT2D eigenvalue weighted by atomic mass is 16.5. The van der Waals surface area contributed by atoms with E-state index < -0.39 is 0 Å². The van der Waals surface area contributed by atoms with Gasteiger partial charge < -0.3 is 14.8 Å². The molecule has 1 aliphatic rings. The summed E-state index contributed by atoms with van der Waals surface area (Å²) in [5, 5.41) is 7.91. The van der Waals surface area contributed by atoms with Crippen LogP contribution < -0.4 is 10.1 Å². The molecule has 0 radical (unpaired) electrons. The van der Waals surface area contributed by atoms with Gasteiger partial charge in [0.25, 0.3) is 5.91 Å². The Morgan fingerprint density at radius 2 is 1.83 bits per heavy atom. The van der Waals surface area contributed by atoms with Crippen molar-refractivity contribution in [3.05, 3.63) is 96.4 Å². The number of morpholine rings is 1. The maximum Gasteiger partial charge on any atom is 0.255 e. The van der Waals surface area contributed by atoms with Crippen LogP contribution in [0.3, 0.4) is 0 Å². The zero-order chi connectivity index (χ0) is 24.7. The Morgan fingerprint density at radius 3 is 2.53 bits per heavy atom. The number of pyridine rings is 1. The van der Waals surface area contributed by atoms with Crippen LogP contribution in [-0.4, -0.2) is 65.5 Å². The highest BCUT2D eigenvalue weighted by Gasteiger charge is 2.25.